The largest absolute Gasteiger partial charge is 0.350 e. The standard InChI is InChI=1S/C9H18F2N2O2S/c1-9(2)4-3-5-12-7(9)6-13-16(14,15)8(10)11/h7-8,12-13H,3-6H2,1-2H3. The van der Waals surface area contributed by atoms with E-state index >= 15 is 0 Å². The molecule has 1 rings (SSSR count). The molecule has 0 amide bonds. The lowest BCUT2D eigenvalue weighted by Gasteiger charge is -2.39. The monoisotopic (exact) mass is 256 g/mol. The molecule has 0 aromatic rings. The summed E-state index contributed by atoms with van der Waals surface area (Å²) < 4.78 is 47.9. The molecule has 7 heteroatoms. The van der Waals surface area contributed by atoms with Crippen LogP contribution in [-0.4, -0.2) is 33.3 Å². The van der Waals surface area contributed by atoms with Crippen molar-refractivity contribution in [3.8, 4) is 0 Å². The Morgan fingerprint density at radius 2 is 2.12 bits per heavy atom. The highest BCUT2D eigenvalue weighted by Crippen LogP contribution is 2.29. The number of nitrogens with one attached hydrogen (secondary N) is 2. The van der Waals surface area contributed by atoms with E-state index in [4.69, 9.17) is 0 Å². The zero-order valence-electron chi connectivity index (χ0n) is 9.46. The van der Waals surface area contributed by atoms with E-state index in [0.717, 1.165) is 19.4 Å². The van der Waals surface area contributed by atoms with Crippen molar-refractivity contribution in [2.24, 2.45) is 5.41 Å². The van der Waals surface area contributed by atoms with E-state index in [1.807, 2.05) is 18.6 Å². The van der Waals surface area contributed by atoms with E-state index < -0.39 is 15.8 Å². The van der Waals surface area contributed by atoms with Gasteiger partial charge in [0.1, 0.15) is 0 Å². The van der Waals surface area contributed by atoms with Gasteiger partial charge in [-0.3, -0.25) is 0 Å². The van der Waals surface area contributed by atoms with Crippen LogP contribution in [0.4, 0.5) is 8.78 Å². The van der Waals surface area contributed by atoms with Crippen LogP contribution in [0.5, 0.6) is 0 Å². The molecular formula is C9H18F2N2O2S. The normalized spacial score (nSPS) is 25.9. The maximum absolute atomic E-state index is 12.1. The number of hydrogen-bond acceptors (Lipinski definition) is 3. The van der Waals surface area contributed by atoms with Crippen molar-refractivity contribution < 1.29 is 17.2 Å². The van der Waals surface area contributed by atoms with Crippen molar-refractivity contribution >= 4 is 10.0 Å². The molecule has 1 saturated heterocycles. The number of halogens is 2. The number of rotatable bonds is 4. The van der Waals surface area contributed by atoms with Gasteiger partial charge in [-0.05, 0) is 24.8 Å². The van der Waals surface area contributed by atoms with E-state index in [2.05, 4.69) is 5.32 Å². The third-order valence-electron chi connectivity index (χ3n) is 3.06. The smallest absolute Gasteiger partial charge is 0.312 e. The minimum absolute atomic E-state index is 0.0136. The summed E-state index contributed by atoms with van der Waals surface area (Å²) >= 11 is 0. The van der Waals surface area contributed by atoms with Crippen LogP contribution >= 0.6 is 0 Å². The summed E-state index contributed by atoms with van der Waals surface area (Å²) in [6, 6.07) is -0.102. The van der Waals surface area contributed by atoms with Crippen LogP contribution in [-0.2, 0) is 10.0 Å². The SMILES string of the molecule is CC1(C)CCCNC1CNS(=O)(=O)C(F)F. The predicted molar refractivity (Wildman–Crippen MR) is 57.7 cm³/mol. The van der Waals surface area contributed by atoms with E-state index in [1.165, 1.54) is 0 Å². The quantitative estimate of drug-likeness (QED) is 0.786. The molecule has 16 heavy (non-hydrogen) atoms. The van der Waals surface area contributed by atoms with Gasteiger partial charge in [0.25, 0.3) is 10.0 Å². The summed E-state index contributed by atoms with van der Waals surface area (Å²) in [7, 11) is -4.47. The minimum Gasteiger partial charge on any atom is -0.312 e. The van der Waals surface area contributed by atoms with Crippen LogP contribution < -0.4 is 10.0 Å². The third kappa shape index (κ3) is 3.36. The lowest BCUT2D eigenvalue weighted by molar-refractivity contribution is 0.179. The first-order valence-electron chi connectivity index (χ1n) is 5.26. The molecule has 0 saturated carbocycles. The molecule has 96 valence electrons. The van der Waals surface area contributed by atoms with E-state index in [-0.39, 0.29) is 18.0 Å². The summed E-state index contributed by atoms with van der Waals surface area (Å²) in [4.78, 5) is 0. The highest BCUT2D eigenvalue weighted by Gasteiger charge is 2.33. The topological polar surface area (TPSA) is 58.2 Å². The molecule has 1 fully saturated rings. The van der Waals surface area contributed by atoms with Gasteiger partial charge in [0.15, 0.2) is 0 Å². The summed E-state index contributed by atoms with van der Waals surface area (Å²) in [5.41, 5.74) is -0.0805. The average Bonchev–Trinajstić information content (AvgIpc) is 2.15. The highest BCUT2D eigenvalue weighted by molar-refractivity contribution is 7.89. The molecule has 0 spiro atoms. The summed E-state index contributed by atoms with van der Waals surface area (Å²) in [6.07, 6.45) is 1.98. The van der Waals surface area contributed by atoms with Gasteiger partial charge in [-0.25, -0.2) is 13.1 Å². The van der Waals surface area contributed by atoms with Crippen molar-refractivity contribution in [1.29, 1.82) is 0 Å². The Labute approximate surface area is 94.8 Å². The second kappa shape index (κ2) is 4.93. The molecule has 0 aliphatic carbocycles. The summed E-state index contributed by atoms with van der Waals surface area (Å²) in [6.45, 7) is 4.81. The maximum Gasteiger partial charge on any atom is 0.350 e. The second-order valence-corrected chi connectivity index (χ2v) is 6.49. The highest BCUT2D eigenvalue weighted by atomic mass is 32.2. The third-order valence-corrected chi connectivity index (χ3v) is 4.09. The van der Waals surface area contributed by atoms with Gasteiger partial charge < -0.3 is 5.32 Å². The van der Waals surface area contributed by atoms with Gasteiger partial charge in [-0.15, -0.1) is 0 Å². The first kappa shape index (κ1) is 13.8. The fourth-order valence-corrected chi connectivity index (χ4v) is 2.41. The second-order valence-electron chi connectivity index (χ2n) is 4.75. The van der Waals surface area contributed by atoms with Gasteiger partial charge >= 0.3 is 5.76 Å². The number of piperidine rings is 1. The van der Waals surface area contributed by atoms with Crippen LogP contribution in [0.1, 0.15) is 26.7 Å². The molecule has 0 aromatic carbocycles. The Kier molecular flexibility index (Phi) is 4.25. The van der Waals surface area contributed by atoms with Crippen LogP contribution in [0.15, 0.2) is 0 Å². The first-order valence-corrected chi connectivity index (χ1v) is 6.80. The van der Waals surface area contributed by atoms with Crippen LogP contribution in [0.3, 0.4) is 0 Å². The fourth-order valence-electron chi connectivity index (χ4n) is 1.88. The van der Waals surface area contributed by atoms with Gasteiger partial charge in [0.05, 0.1) is 0 Å². The van der Waals surface area contributed by atoms with Crippen molar-refractivity contribution in [3.05, 3.63) is 0 Å². The van der Waals surface area contributed by atoms with Crippen molar-refractivity contribution in [1.82, 2.24) is 10.0 Å². The summed E-state index contributed by atoms with van der Waals surface area (Å²) in [5.74, 6) is -3.36. The molecule has 1 aliphatic rings. The van der Waals surface area contributed by atoms with Crippen LogP contribution in [0, 0.1) is 5.41 Å². The van der Waals surface area contributed by atoms with Crippen molar-refractivity contribution in [2.45, 2.75) is 38.5 Å². The predicted octanol–water partition coefficient (Wildman–Crippen LogP) is 0.907. The van der Waals surface area contributed by atoms with Gasteiger partial charge in [0, 0.05) is 12.6 Å². The zero-order valence-corrected chi connectivity index (χ0v) is 10.3. The molecule has 0 bridgehead atoms. The van der Waals surface area contributed by atoms with Crippen LogP contribution in [0.2, 0.25) is 0 Å². The molecule has 2 N–H and O–H groups in total. The molecule has 4 nitrogen and oxygen atoms in total. The molecule has 1 unspecified atom stereocenters. The fraction of sp³-hybridized carbons (Fsp3) is 1.00. The Hall–Kier alpha value is -0.270. The molecule has 1 heterocycles. The number of sulfonamides is 1. The van der Waals surface area contributed by atoms with E-state index in [0.29, 0.717) is 0 Å². The number of alkyl halides is 2. The van der Waals surface area contributed by atoms with Gasteiger partial charge in [0.2, 0.25) is 0 Å². The van der Waals surface area contributed by atoms with Gasteiger partial charge in [-0.1, -0.05) is 13.8 Å². The molecule has 0 aromatic heterocycles. The Morgan fingerprint density at radius 1 is 1.50 bits per heavy atom. The van der Waals surface area contributed by atoms with Crippen molar-refractivity contribution in [3.63, 3.8) is 0 Å². The van der Waals surface area contributed by atoms with E-state index in [1.54, 1.807) is 0 Å². The lowest BCUT2D eigenvalue weighted by Crippen LogP contribution is -2.53. The van der Waals surface area contributed by atoms with Crippen molar-refractivity contribution in [2.75, 3.05) is 13.1 Å². The Balaban J connectivity index is 2.55. The molecular weight excluding hydrogens is 238 g/mol. The average molecular weight is 256 g/mol. The maximum atomic E-state index is 12.1. The van der Waals surface area contributed by atoms with Crippen LogP contribution in [0.25, 0.3) is 0 Å². The Morgan fingerprint density at radius 3 is 2.62 bits per heavy atom. The minimum atomic E-state index is -4.47. The first-order chi connectivity index (χ1) is 7.26. The van der Waals surface area contributed by atoms with Gasteiger partial charge in [-0.2, -0.15) is 8.78 Å². The molecule has 1 aliphatic heterocycles. The lowest BCUT2D eigenvalue weighted by atomic mass is 9.78. The number of hydrogen-bond donors (Lipinski definition) is 2. The molecule has 1 atom stereocenters. The zero-order chi connectivity index (χ0) is 12.4. The summed E-state index contributed by atoms with van der Waals surface area (Å²) in [5, 5.41) is 3.15. The van der Waals surface area contributed by atoms with E-state index in [9.17, 15) is 17.2 Å². The molecule has 0 radical (unpaired) electrons. The Bertz CT molecular complexity index is 330.